The van der Waals surface area contributed by atoms with E-state index in [-0.39, 0.29) is 24.5 Å². The van der Waals surface area contributed by atoms with Crippen LogP contribution in [0.4, 0.5) is 5.69 Å². The smallest absolute Gasteiger partial charge is 0.248 e. The number of rotatable bonds is 3. The van der Waals surface area contributed by atoms with Crippen LogP contribution < -0.4 is 10.1 Å². The predicted molar refractivity (Wildman–Crippen MR) is 98.5 cm³/mol. The van der Waals surface area contributed by atoms with Gasteiger partial charge in [0.2, 0.25) is 11.8 Å². The van der Waals surface area contributed by atoms with Crippen LogP contribution in [0.5, 0.6) is 5.75 Å². The average Bonchev–Trinajstić information content (AvgIpc) is 2.67. The molecule has 2 amide bonds. The Morgan fingerprint density at radius 1 is 1.38 bits per heavy atom. The van der Waals surface area contributed by atoms with Crippen LogP contribution in [-0.4, -0.2) is 74.2 Å². The Kier molecular flexibility index (Phi) is 5.78. The fraction of sp³-hybridized carbons (Fsp3) is 0.579. The van der Waals surface area contributed by atoms with Crippen molar-refractivity contribution in [3.63, 3.8) is 0 Å². The van der Waals surface area contributed by atoms with Gasteiger partial charge in [-0.15, -0.1) is 0 Å². The Labute approximate surface area is 154 Å². The van der Waals surface area contributed by atoms with E-state index in [1.54, 1.807) is 4.90 Å². The zero-order valence-electron chi connectivity index (χ0n) is 15.7. The molecule has 0 radical (unpaired) electrons. The molecule has 2 heterocycles. The van der Waals surface area contributed by atoms with Gasteiger partial charge in [0.05, 0.1) is 18.3 Å². The van der Waals surface area contributed by atoms with E-state index in [0.717, 1.165) is 5.56 Å². The lowest BCUT2D eigenvalue weighted by molar-refractivity contribution is -0.138. The second kappa shape index (κ2) is 8.05. The van der Waals surface area contributed by atoms with Crippen molar-refractivity contribution in [3.05, 3.63) is 23.8 Å². The highest BCUT2D eigenvalue weighted by Crippen LogP contribution is 2.30. The molecule has 0 aromatic heterocycles. The summed E-state index contributed by atoms with van der Waals surface area (Å²) in [5.74, 6) is 0.958. The molecule has 1 aromatic carbocycles. The van der Waals surface area contributed by atoms with E-state index >= 15 is 0 Å². The van der Waals surface area contributed by atoms with Gasteiger partial charge in [0.15, 0.2) is 0 Å². The van der Waals surface area contributed by atoms with Gasteiger partial charge in [0, 0.05) is 26.7 Å². The standard InChI is InChI=1S/C19H27N3O4/c1-13(2)14-4-5-17-16(8-14)20-18(23)10-21-6-7-22(19(24)12-25-3)9-15(21)11-26-17/h4-5,8,13,15H,6-7,9-12H2,1-3H3,(H,20,23)/t15-/m0/s1. The van der Waals surface area contributed by atoms with Gasteiger partial charge >= 0.3 is 0 Å². The first-order valence-corrected chi connectivity index (χ1v) is 9.05. The number of hydrogen-bond acceptors (Lipinski definition) is 5. The van der Waals surface area contributed by atoms with Crippen LogP contribution in [0.15, 0.2) is 18.2 Å². The molecule has 1 saturated heterocycles. The minimum atomic E-state index is -0.0562. The van der Waals surface area contributed by atoms with Gasteiger partial charge in [-0.1, -0.05) is 19.9 Å². The molecule has 0 unspecified atom stereocenters. The summed E-state index contributed by atoms with van der Waals surface area (Å²) in [6.07, 6.45) is 0. The molecule has 0 spiro atoms. The first-order chi connectivity index (χ1) is 12.5. The molecule has 7 heteroatoms. The molecular formula is C19H27N3O4. The van der Waals surface area contributed by atoms with Crippen molar-refractivity contribution in [1.29, 1.82) is 0 Å². The molecule has 2 aliphatic rings. The summed E-state index contributed by atoms with van der Waals surface area (Å²) < 4.78 is 11.0. The van der Waals surface area contributed by atoms with Gasteiger partial charge in [-0.05, 0) is 23.6 Å². The summed E-state index contributed by atoms with van der Waals surface area (Å²) in [4.78, 5) is 28.5. The SMILES string of the molecule is COCC(=O)N1CCN2CC(=O)Nc3cc(C(C)C)ccc3OC[C@@H]2C1. The number of benzene rings is 1. The Hall–Kier alpha value is -2.12. The van der Waals surface area contributed by atoms with E-state index in [0.29, 0.717) is 50.1 Å². The molecule has 3 rings (SSSR count). The molecule has 1 N–H and O–H groups in total. The molecule has 26 heavy (non-hydrogen) atoms. The topological polar surface area (TPSA) is 71.1 Å². The van der Waals surface area contributed by atoms with Crippen LogP contribution in [0.2, 0.25) is 0 Å². The van der Waals surface area contributed by atoms with Crippen molar-refractivity contribution in [2.45, 2.75) is 25.8 Å². The van der Waals surface area contributed by atoms with Gasteiger partial charge < -0.3 is 19.7 Å². The predicted octanol–water partition coefficient (Wildman–Crippen LogP) is 1.30. The summed E-state index contributed by atoms with van der Waals surface area (Å²) >= 11 is 0. The first kappa shape index (κ1) is 18.7. The molecule has 0 bridgehead atoms. The van der Waals surface area contributed by atoms with E-state index in [4.69, 9.17) is 9.47 Å². The summed E-state index contributed by atoms with van der Waals surface area (Å²) in [5, 5.41) is 2.98. The van der Waals surface area contributed by atoms with Gasteiger partial charge in [-0.2, -0.15) is 0 Å². The lowest BCUT2D eigenvalue weighted by atomic mass is 10.0. The Morgan fingerprint density at radius 3 is 2.92 bits per heavy atom. The molecular weight excluding hydrogens is 334 g/mol. The number of carbonyl (C=O) groups excluding carboxylic acids is 2. The molecule has 142 valence electrons. The highest BCUT2D eigenvalue weighted by molar-refractivity contribution is 5.94. The second-order valence-electron chi connectivity index (χ2n) is 7.17. The maximum atomic E-state index is 12.5. The number of nitrogens with one attached hydrogen (secondary N) is 1. The van der Waals surface area contributed by atoms with Crippen LogP contribution >= 0.6 is 0 Å². The van der Waals surface area contributed by atoms with E-state index in [9.17, 15) is 9.59 Å². The highest BCUT2D eigenvalue weighted by atomic mass is 16.5. The van der Waals surface area contributed by atoms with Gasteiger partial charge in [-0.25, -0.2) is 0 Å². The third-order valence-corrected chi connectivity index (χ3v) is 4.95. The summed E-state index contributed by atoms with van der Waals surface area (Å²) in [7, 11) is 1.52. The summed E-state index contributed by atoms with van der Waals surface area (Å²) in [6, 6.07) is 5.90. The minimum absolute atomic E-state index is 0.0222. The molecule has 1 aromatic rings. The number of amides is 2. The van der Waals surface area contributed by atoms with E-state index in [1.165, 1.54) is 7.11 Å². The largest absolute Gasteiger partial charge is 0.490 e. The third-order valence-electron chi connectivity index (χ3n) is 4.95. The fourth-order valence-electron chi connectivity index (χ4n) is 3.39. The second-order valence-corrected chi connectivity index (χ2v) is 7.17. The molecule has 2 aliphatic heterocycles. The average molecular weight is 361 g/mol. The van der Waals surface area contributed by atoms with Crippen LogP contribution in [0.1, 0.15) is 25.3 Å². The molecule has 0 aliphatic carbocycles. The number of nitrogens with zero attached hydrogens (tertiary/aromatic N) is 2. The fourth-order valence-corrected chi connectivity index (χ4v) is 3.39. The van der Waals surface area contributed by atoms with Crippen LogP contribution in [0, 0.1) is 0 Å². The number of carbonyl (C=O) groups is 2. The van der Waals surface area contributed by atoms with Crippen molar-refractivity contribution in [1.82, 2.24) is 9.80 Å². The van der Waals surface area contributed by atoms with Crippen molar-refractivity contribution in [3.8, 4) is 5.75 Å². The van der Waals surface area contributed by atoms with E-state index in [2.05, 4.69) is 24.1 Å². The summed E-state index contributed by atoms with van der Waals surface area (Å²) in [5.41, 5.74) is 1.87. The van der Waals surface area contributed by atoms with Gasteiger partial charge in [0.1, 0.15) is 19.0 Å². The number of ether oxygens (including phenoxy) is 2. The Bertz CT molecular complexity index is 677. The van der Waals surface area contributed by atoms with E-state index in [1.807, 2.05) is 18.2 Å². The molecule has 1 atom stereocenters. The monoisotopic (exact) mass is 361 g/mol. The van der Waals surface area contributed by atoms with Crippen molar-refractivity contribution in [2.24, 2.45) is 0 Å². The lowest BCUT2D eigenvalue weighted by Gasteiger charge is -2.40. The Balaban J connectivity index is 1.78. The van der Waals surface area contributed by atoms with E-state index < -0.39 is 0 Å². The Morgan fingerprint density at radius 2 is 2.19 bits per heavy atom. The number of methoxy groups -OCH3 is 1. The number of piperazine rings is 1. The number of fused-ring (bicyclic) bond motifs is 2. The van der Waals surface area contributed by atoms with Crippen LogP contribution in [-0.2, 0) is 14.3 Å². The quantitative estimate of drug-likeness (QED) is 0.879. The van der Waals surface area contributed by atoms with Crippen molar-refractivity contribution < 1.29 is 19.1 Å². The van der Waals surface area contributed by atoms with Gasteiger partial charge in [-0.3, -0.25) is 14.5 Å². The zero-order chi connectivity index (χ0) is 18.7. The first-order valence-electron chi connectivity index (χ1n) is 9.05. The maximum absolute atomic E-state index is 12.5. The normalized spacial score (nSPS) is 21.0. The van der Waals surface area contributed by atoms with Crippen LogP contribution in [0.25, 0.3) is 0 Å². The van der Waals surface area contributed by atoms with Crippen molar-refractivity contribution in [2.75, 3.05) is 51.8 Å². The van der Waals surface area contributed by atoms with Gasteiger partial charge in [0.25, 0.3) is 0 Å². The molecule has 0 saturated carbocycles. The third kappa shape index (κ3) is 4.16. The number of hydrogen-bond donors (Lipinski definition) is 1. The van der Waals surface area contributed by atoms with Crippen molar-refractivity contribution >= 4 is 17.5 Å². The number of anilines is 1. The maximum Gasteiger partial charge on any atom is 0.248 e. The minimum Gasteiger partial charge on any atom is -0.490 e. The van der Waals surface area contributed by atoms with Crippen LogP contribution in [0.3, 0.4) is 0 Å². The highest BCUT2D eigenvalue weighted by Gasteiger charge is 2.32. The summed E-state index contributed by atoms with van der Waals surface area (Å²) in [6.45, 7) is 6.81. The molecule has 7 nitrogen and oxygen atoms in total. The zero-order valence-corrected chi connectivity index (χ0v) is 15.7. The lowest BCUT2D eigenvalue weighted by Crippen LogP contribution is -2.58. The molecule has 1 fully saturated rings.